The normalized spacial score (nSPS) is 13.1. The molecule has 0 radical (unpaired) electrons. The maximum Gasteiger partial charge on any atom is 0.260 e. The minimum atomic E-state index is -0.342. The van der Waals surface area contributed by atoms with Crippen LogP contribution in [0.25, 0.3) is 0 Å². The number of aryl methyl sites for hydroxylation is 6. The third kappa shape index (κ3) is 8.96. The van der Waals surface area contributed by atoms with Gasteiger partial charge in [0.15, 0.2) is 0 Å². The topological polar surface area (TPSA) is 67.9 Å². The van der Waals surface area contributed by atoms with Crippen molar-refractivity contribution in [1.82, 2.24) is 0 Å². The number of fused-ring (bicyclic) bond motifs is 12. The number of nitrogens with one attached hydrogen (secondary N) is 1. The zero-order valence-corrected chi connectivity index (χ0v) is 53.9. The molecular formula is C84H61B3N4O5. The number of hydrogen-bond donors (Lipinski definition) is 1. The number of nitrogens with zero attached hydrogens (tertiary/aromatic N) is 3. The van der Waals surface area contributed by atoms with Gasteiger partial charge in [-0.2, -0.15) is 0 Å². The molecule has 13 aromatic carbocycles. The summed E-state index contributed by atoms with van der Waals surface area (Å²) in [5.41, 5.74) is 27.4. The number of para-hydroxylation sites is 2. The van der Waals surface area contributed by atoms with Gasteiger partial charge in [-0.1, -0.05) is 155 Å². The molecule has 9 nitrogen and oxygen atoms in total. The number of ether oxygens (including phenoxy) is 5. The van der Waals surface area contributed by atoms with Crippen molar-refractivity contribution in [3.63, 3.8) is 0 Å². The molecule has 1 N–H and O–H groups in total. The van der Waals surface area contributed by atoms with Gasteiger partial charge in [-0.3, -0.25) is 0 Å². The first-order valence-corrected chi connectivity index (χ1v) is 33.0. The Hall–Kier alpha value is -11.7. The summed E-state index contributed by atoms with van der Waals surface area (Å²) in [6.45, 7) is 12.0. The van der Waals surface area contributed by atoms with Crippen LogP contribution < -0.4 is 92.9 Å². The van der Waals surface area contributed by atoms with Gasteiger partial charge in [-0.05, 0) is 171 Å². The highest BCUT2D eigenvalue weighted by Gasteiger charge is 2.48. The summed E-state index contributed by atoms with van der Waals surface area (Å²) >= 11 is 0. The van der Waals surface area contributed by atoms with Gasteiger partial charge in [0.1, 0.15) is 57.5 Å². The maximum absolute atomic E-state index is 7.52. The second-order valence-corrected chi connectivity index (χ2v) is 26.6. The smallest absolute Gasteiger partial charge is 0.260 e. The molecule has 0 bridgehead atoms. The Morgan fingerprint density at radius 2 is 0.500 bits per heavy atom. The maximum atomic E-state index is 7.52. The van der Waals surface area contributed by atoms with E-state index in [-0.39, 0.29) is 20.1 Å². The number of benzene rings is 13. The van der Waals surface area contributed by atoms with E-state index in [0.717, 1.165) is 158 Å². The van der Waals surface area contributed by atoms with E-state index in [1.807, 2.05) is 0 Å². The molecule has 0 aliphatic carbocycles. The molecule has 0 amide bonds. The van der Waals surface area contributed by atoms with Gasteiger partial charge in [0, 0.05) is 98.9 Å². The lowest BCUT2D eigenvalue weighted by molar-refractivity contribution is 0.452. The van der Waals surface area contributed by atoms with E-state index < -0.39 is 0 Å². The Bertz CT molecular complexity index is 4970. The lowest BCUT2D eigenvalue weighted by atomic mass is 9.30. The summed E-state index contributed by atoms with van der Waals surface area (Å²) < 4.78 is 36.5. The number of anilines is 11. The molecule has 12 heteroatoms. The quantitative estimate of drug-likeness (QED) is 0.142. The fourth-order valence-corrected chi connectivity index (χ4v) is 15.4. The third-order valence-electron chi connectivity index (χ3n) is 20.1. The van der Waals surface area contributed by atoms with Crippen molar-refractivity contribution >= 4 is 132 Å². The van der Waals surface area contributed by atoms with E-state index in [0.29, 0.717) is 11.5 Å². The Labute approximate surface area is 559 Å². The molecule has 96 heavy (non-hydrogen) atoms. The zero-order chi connectivity index (χ0) is 64.2. The minimum absolute atomic E-state index is 0.189. The molecule has 0 unspecified atom stereocenters. The molecular weight excluding hydrogens is 1180 g/mol. The third-order valence-corrected chi connectivity index (χ3v) is 20.1. The Kier molecular flexibility index (Phi) is 12.4. The van der Waals surface area contributed by atoms with Crippen LogP contribution in [0.5, 0.6) is 57.5 Å². The lowest BCUT2D eigenvalue weighted by Crippen LogP contribution is -2.63. The molecule has 0 aromatic heterocycles. The molecule has 13 aromatic rings. The summed E-state index contributed by atoms with van der Waals surface area (Å²) in [5.74, 6) is 7.52. The van der Waals surface area contributed by atoms with E-state index in [9.17, 15) is 0 Å². The van der Waals surface area contributed by atoms with Crippen LogP contribution in [0.3, 0.4) is 0 Å². The van der Waals surface area contributed by atoms with E-state index in [1.165, 1.54) is 33.4 Å². The minimum Gasteiger partial charge on any atom is -0.458 e. The predicted octanol–water partition coefficient (Wildman–Crippen LogP) is 16.1. The average Bonchev–Trinajstić information content (AvgIpc) is 0.707. The van der Waals surface area contributed by atoms with Gasteiger partial charge < -0.3 is 43.7 Å². The fraction of sp³-hybridized carbons (Fsp3) is 0.0714. The van der Waals surface area contributed by atoms with Crippen LogP contribution in [-0.2, 0) is 0 Å². The summed E-state index contributed by atoms with van der Waals surface area (Å²) in [5, 5.41) is 4.03. The zero-order valence-electron chi connectivity index (χ0n) is 53.9. The van der Waals surface area contributed by atoms with Crippen LogP contribution in [0.15, 0.2) is 255 Å². The molecule has 6 heterocycles. The largest absolute Gasteiger partial charge is 0.458 e. The molecule has 456 valence electrons. The van der Waals surface area contributed by atoms with Crippen molar-refractivity contribution in [2.45, 2.75) is 41.5 Å². The first-order valence-electron chi connectivity index (χ1n) is 33.0. The Morgan fingerprint density at radius 1 is 0.219 bits per heavy atom. The van der Waals surface area contributed by atoms with Gasteiger partial charge in [-0.15, -0.1) is 0 Å². The molecule has 0 saturated heterocycles. The predicted molar refractivity (Wildman–Crippen MR) is 395 cm³/mol. The summed E-state index contributed by atoms with van der Waals surface area (Å²) in [6.07, 6.45) is 0. The Morgan fingerprint density at radius 3 is 0.865 bits per heavy atom. The molecule has 6 aliphatic heterocycles. The molecule has 6 aliphatic rings. The van der Waals surface area contributed by atoms with Crippen LogP contribution in [-0.4, -0.2) is 20.1 Å². The van der Waals surface area contributed by atoms with Crippen LogP contribution >= 0.6 is 0 Å². The SMILES string of the molecule is Cc1ccc(N(c2ccc(C)cc2)c2cc3c4c(c2)Oc2ccccc2B4c2cc4c(cc2N3)Oc2cc(N(c3ccc(C)cc3)c3ccc(C)cc3)cc3c2B4c2cc4c(cc2O3)Oc2cc(N(c3ccc(C)cc3)c3ccc(C)cc3)cc3c2B4c2ccccc2O3)cc1. The first kappa shape index (κ1) is 55.9. The van der Waals surface area contributed by atoms with Crippen LogP contribution in [0.4, 0.5) is 62.6 Å². The van der Waals surface area contributed by atoms with E-state index in [1.54, 1.807) is 0 Å². The van der Waals surface area contributed by atoms with E-state index in [4.69, 9.17) is 23.7 Å². The number of rotatable bonds is 9. The van der Waals surface area contributed by atoms with Crippen molar-refractivity contribution < 1.29 is 23.7 Å². The number of hydrogen-bond acceptors (Lipinski definition) is 9. The first-order chi connectivity index (χ1) is 47.0. The molecule has 0 spiro atoms. The van der Waals surface area contributed by atoms with Gasteiger partial charge in [-0.25, -0.2) is 0 Å². The van der Waals surface area contributed by atoms with Crippen molar-refractivity contribution in [1.29, 1.82) is 0 Å². The van der Waals surface area contributed by atoms with Gasteiger partial charge in [0.05, 0.1) is 17.1 Å². The van der Waals surface area contributed by atoms with Crippen molar-refractivity contribution in [2.75, 3.05) is 20.0 Å². The van der Waals surface area contributed by atoms with E-state index in [2.05, 4.69) is 316 Å². The van der Waals surface area contributed by atoms with Gasteiger partial charge in [0.25, 0.3) is 20.1 Å². The average molecular weight is 1240 g/mol. The second kappa shape index (κ2) is 21.4. The highest BCUT2D eigenvalue weighted by atomic mass is 16.5. The van der Waals surface area contributed by atoms with Crippen molar-refractivity contribution in [3.05, 3.63) is 288 Å². The van der Waals surface area contributed by atoms with Crippen molar-refractivity contribution in [2.24, 2.45) is 0 Å². The fourth-order valence-electron chi connectivity index (χ4n) is 15.4. The van der Waals surface area contributed by atoms with Crippen LogP contribution in [0.2, 0.25) is 0 Å². The molecule has 0 saturated carbocycles. The second-order valence-electron chi connectivity index (χ2n) is 26.6. The highest BCUT2D eigenvalue weighted by molar-refractivity contribution is 7.02. The van der Waals surface area contributed by atoms with Crippen LogP contribution in [0, 0.1) is 41.5 Å². The summed E-state index contributed by atoms with van der Waals surface area (Å²) in [6, 6.07) is 91.6. The summed E-state index contributed by atoms with van der Waals surface area (Å²) in [7, 11) is 0. The highest BCUT2D eigenvalue weighted by Crippen LogP contribution is 2.48. The van der Waals surface area contributed by atoms with E-state index >= 15 is 0 Å². The Balaban J connectivity index is 0.809. The molecule has 0 atom stereocenters. The molecule has 0 fully saturated rings. The van der Waals surface area contributed by atoms with Crippen LogP contribution in [0.1, 0.15) is 33.4 Å². The van der Waals surface area contributed by atoms with Crippen molar-refractivity contribution in [3.8, 4) is 57.5 Å². The standard InChI is InChI=1S/C84H61B3N4O5/c1-49-15-27-55(28-16-49)89(56-29-17-50(2)18-30-56)61-39-71-82-77(40-61)92-72-13-9-7-11-64(72)85(82)66-45-67-74(47-70(66)88-71)94-80-43-63(91(59-35-23-53(5)24-36-59)60-37-25-54(6)26-38-60)44-81-84(80)87(67)69-46-68-75(48-76(69)96-81)95-79-42-62(41-78-83(79)86(68)65-12-8-10-14-73(65)93-78)90(57-31-19-51(3)20-32-57)58-33-21-52(4)22-34-58/h7-48,88H,1-6H3. The monoisotopic (exact) mass is 1240 g/mol. The van der Waals surface area contributed by atoms with Gasteiger partial charge >= 0.3 is 0 Å². The summed E-state index contributed by atoms with van der Waals surface area (Å²) in [4.78, 5) is 6.90. The lowest BCUT2D eigenvalue weighted by Gasteiger charge is -2.39. The van der Waals surface area contributed by atoms with Gasteiger partial charge in [0.2, 0.25) is 0 Å². The molecule has 19 rings (SSSR count).